The molecule has 0 bridgehead atoms. The van der Waals surface area contributed by atoms with E-state index in [0.717, 1.165) is 21.7 Å². The standard InChI is InChI=1S/C16H18N4S/c1-2-9-20-14-8-7-13(15(18)16(14)19)11-3-5-12(6-4-11)21-10-17/h2-10,17,20H,18-19H2,1H3/b9-2+,17-10?. The molecular weight excluding hydrogens is 280 g/mol. The molecule has 4 nitrogen and oxygen atoms in total. The van der Waals surface area contributed by atoms with Crippen molar-refractivity contribution in [3.05, 3.63) is 48.7 Å². The van der Waals surface area contributed by atoms with E-state index in [1.54, 1.807) is 0 Å². The van der Waals surface area contributed by atoms with E-state index in [-0.39, 0.29) is 0 Å². The lowest BCUT2D eigenvalue weighted by Gasteiger charge is -2.13. The van der Waals surface area contributed by atoms with E-state index < -0.39 is 0 Å². The van der Waals surface area contributed by atoms with Gasteiger partial charge in [-0.1, -0.05) is 36.0 Å². The zero-order chi connectivity index (χ0) is 15.2. The summed E-state index contributed by atoms with van der Waals surface area (Å²) in [5.74, 6) is 0. The summed E-state index contributed by atoms with van der Waals surface area (Å²) in [6.45, 7) is 1.93. The van der Waals surface area contributed by atoms with Gasteiger partial charge in [-0.05, 0) is 36.9 Å². The predicted molar refractivity (Wildman–Crippen MR) is 93.8 cm³/mol. The first-order valence-electron chi connectivity index (χ1n) is 6.49. The van der Waals surface area contributed by atoms with Gasteiger partial charge in [0.1, 0.15) is 0 Å². The van der Waals surface area contributed by atoms with E-state index in [0.29, 0.717) is 11.4 Å². The largest absolute Gasteiger partial charge is 0.396 e. The van der Waals surface area contributed by atoms with E-state index in [9.17, 15) is 0 Å². The Labute approximate surface area is 128 Å². The van der Waals surface area contributed by atoms with Gasteiger partial charge in [0.2, 0.25) is 0 Å². The Balaban J connectivity index is 2.35. The summed E-state index contributed by atoms with van der Waals surface area (Å²) < 4.78 is 0. The molecule has 2 aromatic carbocycles. The van der Waals surface area contributed by atoms with Crippen molar-refractivity contribution in [1.82, 2.24) is 0 Å². The SMILES string of the molecule is C/C=C/Nc1ccc(-c2ccc(SC=N)cc2)c(N)c1N. The van der Waals surface area contributed by atoms with Gasteiger partial charge in [0.15, 0.2) is 0 Å². The molecule has 0 heterocycles. The molecule has 0 saturated carbocycles. The second kappa shape index (κ2) is 6.85. The molecule has 0 aromatic heterocycles. The Morgan fingerprint density at radius 2 is 1.76 bits per heavy atom. The minimum absolute atomic E-state index is 0.545. The molecule has 0 fully saturated rings. The Bertz CT molecular complexity index is 663. The van der Waals surface area contributed by atoms with Crippen LogP contribution in [0.4, 0.5) is 17.1 Å². The minimum Gasteiger partial charge on any atom is -0.396 e. The van der Waals surface area contributed by atoms with Crippen molar-refractivity contribution in [3.8, 4) is 11.1 Å². The first-order chi connectivity index (χ1) is 10.2. The second-order valence-electron chi connectivity index (χ2n) is 4.39. The molecule has 0 unspecified atom stereocenters. The highest BCUT2D eigenvalue weighted by molar-refractivity contribution is 8.12. The molecule has 0 aliphatic rings. The van der Waals surface area contributed by atoms with Crippen LogP contribution in [0.1, 0.15) is 6.92 Å². The van der Waals surface area contributed by atoms with E-state index in [2.05, 4.69) is 5.32 Å². The number of hydrogen-bond donors (Lipinski definition) is 4. The van der Waals surface area contributed by atoms with Crippen LogP contribution in [-0.4, -0.2) is 5.55 Å². The molecule has 0 spiro atoms. The van der Waals surface area contributed by atoms with Gasteiger partial charge in [0.25, 0.3) is 0 Å². The number of thioether (sulfide) groups is 1. The smallest absolute Gasteiger partial charge is 0.0793 e. The highest BCUT2D eigenvalue weighted by atomic mass is 32.2. The number of anilines is 3. The van der Waals surface area contributed by atoms with E-state index in [1.807, 2.05) is 55.6 Å². The molecule has 0 aliphatic carbocycles. The van der Waals surface area contributed by atoms with Gasteiger partial charge in [-0.15, -0.1) is 0 Å². The van der Waals surface area contributed by atoms with Crippen LogP contribution in [0, 0.1) is 5.41 Å². The summed E-state index contributed by atoms with van der Waals surface area (Å²) in [6, 6.07) is 11.8. The van der Waals surface area contributed by atoms with Crippen molar-refractivity contribution >= 4 is 34.4 Å². The van der Waals surface area contributed by atoms with Gasteiger partial charge in [-0.2, -0.15) is 0 Å². The maximum absolute atomic E-state index is 7.09. The topological polar surface area (TPSA) is 87.9 Å². The normalized spacial score (nSPS) is 10.7. The molecule has 2 rings (SSSR count). The number of nitrogens with two attached hydrogens (primary N) is 2. The third-order valence-electron chi connectivity index (χ3n) is 3.05. The highest BCUT2D eigenvalue weighted by Gasteiger charge is 2.09. The predicted octanol–water partition coefficient (Wildman–Crippen LogP) is 4.16. The average Bonchev–Trinajstić information content (AvgIpc) is 2.50. The average molecular weight is 298 g/mol. The summed E-state index contributed by atoms with van der Waals surface area (Å²) >= 11 is 1.37. The van der Waals surface area contributed by atoms with Gasteiger partial charge in [0.05, 0.1) is 22.6 Å². The lowest BCUT2D eigenvalue weighted by atomic mass is 10.0. The Morgan fingerprint density at radius 3 is 2.38 bits per heavy atom. The Kier molecular flexibility index (Phi) is 4.90. The zero-order valence-electron chi connectivity index (χ0n) is 11.8. The molecule has 0 atom stereocenters. The van der Waals surface area contributed by atoms with E-state index in [1.165, 1.54) is 17.3 Å². The fourth-order valence-corrected chi connectivity index (χ4v) is 2.40. The van der Waals surface area contributed by atoms with Gasteiger partial charge in [-0.3, -0.25) is 0 Å². The molecule has 2 aromatic rings. The van der Waals surface area contributed by atoms with Gasteiger partial charge in [0, 0.05) is 10.5 Å². The van der Waals surface area contributed by atoms with Crippen molar-refractivity contribution in [2.45, 2.75) is 11.8 Å². The number of benzene rings is 2. The van der Waals surface area contributed by atoms with Gasteiger partial charge >= 0.3 is 0 Å². The Morgan fingerprint density at radius 1 is 1.05 bits per heavy atom. The molecule has 6 N–H and O–H groups in total. The molecule has 0 radical (unpaired) electrons. The fourth-order valence-electron chi connectivity index (χ4n) is 1.97. The van der Waals surface area contributed by atoms with Crippen LogP contribution >= 0.6 is 11.8 Å². The minimum atomic E-state index is 0.545. The van der Waals surface area contributed by atoms with Crippen LogP contribution in [0.2, 0.25) is 0 Å². The van der Waals surface area contributed by atoms with Crippen LogP contribution in [0.3, 0.4) is 0 Å². The molecule has 0 amide bonds. The van der Waals surface area contributed by atoms with Crippen molar-refractivity contribution in [2.24, 2.45) is 0 Å². The molecule has 0 saturated heterocycles. The van der Waals surface area contributed by atoms with Crippen molar-refractivity contribution < 1.29 is 0 Å². The number of nitrogen functional groups attached to an aromatic ring is 2. The third-order valence-corrected chi connectivity index (χ3v) is 3.72. The molecular formula is C16H18N4S. The summed E-state index contributed by atoms with van der Waals surface area (Å²) in [5.41, 5.74) is 17.4. The van der Waals surface area contributed by atoms with Crippen molar-refractivity contribution in [3.63, 3.8) is 0 Å². The first kappa shape index (κ1) is 15.0. The number of hydrogen-bond acceptors (Lipinski definition) is 5. The second-order valence-corrected chi connectivity index (χ2v) is 5.34. The van der Waals surface area contributed by atoms with Crippen LogP contribution in [-0.2, 0) is 0 Å². The number of rotatable bonds is 5. The van der Waals surface area contributed by atoms with Gasteiger partial charge < -0.3 is 22.2 Å². The lowest BCUT2D eigenvalue weighted by molar-refractivity contribution is 1.46. The molecule has 21 heavy (non-hydrogen) atoms. The quantitative estimate of drug-likeness (QED) is 0.289. The van der Waals surface area contributed by atoms with Crippen LogP contribution < -0.4 is 16.8 Å². The molecule has 5 heteroatoms. The lowest BCUT2D eigenvalue weighted by Crippen LogP contribution is -2.01. The summed E-state index contributed by atoms with van der Waals surface area (Å²) in [5, 5.41) is 10.2. The monoisotopic (exact) mass is 298 g/mol. The van der Waals surface area contributed by atoms with E-state index in [4.69, 9.17) is 16.9 Å². The van der Waals surface area contributed by atoms with Gasteiger partial charge in [-0.25, -0.2) is 0 Å². The summed E-state index contributed by atoms with van der Waals surface area (Å²) in [6.07, 6.45) is 3.71. The van der Waals surface area contributed by atoms with Crippen molar-refractivity contribution in [1.29, 1.82) is 5.41 Å². The first-order valence-corrected chi connectivity index (χ1v) is 7.37. The molecule has 108 valence electrons. The summed E-state index contributed by atoms with van der Waals surface area (Å²) in [4.78, 5) is 1.02. The van der Waals surface area contributed by atoms with Crippen LogP contribution in [0.15, 0.2) is 53.6 Å². The Hall–Kier alpha value is -2.40. The van der Waals surface area contributed by atoms with Crippen molar-refractivity contribution in [2.75, 3.05) is 16.8 Å². The van der Waals surface area contributed by atoms with Crippen LogP contribution in [0.25, 0.3) is 11.1 Å². The highest BCUT2D eigenvalue weighted by Crippen LogP contribution is 2.35. The molecule has 0 aliphatic heterocycles. The number of allylic oxidation sites excluding steroid dienone is 1. The summed E-state index contributed by atoms with van der Waals surface area (Å²) in [7, 11) is 0. The maximum Gasteiger partial charge on any atom is 0.0793 e. The fraction of sp³-hybridized carbons (Fsp3) is 0.0625. The zero-order valence-corrected chi connectivity index (χ0v) is 12.6. The number of nitrogens with one attached hydrogen (secondary N) is 2. The third kappa shape index (κ3) is 3.38. The maximum atomic E-state index is 7.09. The van der Waals surface area contributed by atoms with Crippen LogP contribution in [0.5, 0.6) is 0 Å². The van der Waals surface area contributed by atoms with E-state index >= 15 is 0 Å².